The van der Waals surface area contributed by atoms with E-state index in [0.717, 1.165) is 29.4 Å². The summed E-state index contributed by atoms with van der Waals surface area (Å²) in [4.78, 5) is 43.8. The van der Waals surface area contributed by atoms with Crippen LogP contribution in [0, 0.1) is 11.8 Å². The van der Waals surface area contributed by atoms with E-state index in [0.29, 0.717) is 19.4 Å². The third-order valence-electron chi connectivity index (χ3n) is 9.04. The molecule has 2 aromatic carbocycles. The quantitative estimate of drug-likeness (QED) is 0.337. The van der Waals surface area contributed by atoms with Crippen LogP contribution >= 0.6 is 11.8 Å². The molecule has 2 unspecified atom stereocenters. The van der Waals surface area contributed by atoms with Crippen LogP contribution in [0.2, 0.25) is 0 Å². The van der Waals surface area contributed by atoms with E-state index in [-0.39, 0.29) is 31.0 Å². The van der Waals surface area contributed by atoms with Crippen LogP contribution in [0.5, 0.6) is 0 Å². The number of fused-ring (bicyclic) bond motifs is 2. The lowest BCUT2D eigenvalue weighted by Crippen LogP contribution is -2.57. The molecular formula is C30H36N6O4S. The maximum Gasteiger partial charge on any atom is 0.245 e. The molecule has 3 aromatic rings. The molecule has 41 heavy (non-hydrogen) atoms. The van der Waals surface area contributed by atoms with Gasteiger partial charge in [-0.05, 0) is 50.3 Å². The third-order valence-corrected chi connectivity index (χ3v) is 11.0. The van der Waals surface area contributed by atoms with Crippen LogP contribution in [-0.2, 0) is 27.5 Å². The second-order valence-corrected chi connectivity index (χ2v) is 13.5. The Morgan fingerprint density at radius 3 is 2.61 bits per heavy atom. The Balaban J connectivity index is 1.36. The number of likely N-dealkylation sites (tertiary alicyclic amines) is 1. The lowest BCUT2D eigenvalue weighted by molar-refractivity contribution is -0.143. The highest BCUT2D eigenvalue weighted by Gasteiger charge is 2.77. The number of carbonyl (C=O) groups excluding carboxylic acids is 3. The van der Waals surface area contributed by atoms with Gasteiger partial charge in [-0.3, -0.25) is 14.4 Å². The third kappa shape index (κ3) is 4.50. The minimum absolute atomic E-state index is 0.0868. The topological polar surface area (TPSA) is 129 Å². The van der Waals surface area contributed by atoms with Gasteiger partial charge < -0.3 is 20.6 Å². The summed E-state index contributed by atoms with van der Waals surface area (Å²) in [6.45, 7) is 4.38. The fourth-order valence-corrected chi connectivity index (χ4v) is 9.58. The second kappa shape index (κ2) is 10.8. The first-order valence-corrected chi connectivity index (χ1v) is 15.2. The number of aromatic nitrogens is 3. The number of para-hydroxylation sites is 1. The summed E-state index contributed by atoms with van der Waals surface area (Å²) < 4.78 is 0.413. The van der Waals surface area contributed by atoms with E-state index >= 15 is 0 Å². The van der Waals surface area contributed by atoms with Gasteiger partial charge in [-0.2, -0.15) is 0 Å². The average Bonchev–Trinajstić information content (AvgIpc) is 3.69. The van der Waals surface area contributed by atoms with Gasteiger partial charge >= 0.3 is 0 Å². The molecule has 6 rings (SSSR count). The summed E-state index contributed by atoms with van der Waals surface area (Å²) in [6.07, 6.45) is 2.58. The number of hydrogen-bond donors (Lipinski definition) is 3. The van der Waals surface area contributed by atoms with Crippen LogP contribution in [0.3, 0.4) is 0 Å². The molecule has 6 atom stereocenters. The van der Waals surface area contributed by atoms with Crippen molar-refractivity contribution >= 4 is 40.5 Å². The molecular weight excluding hydrogens is 540 g/mol. The molecule has 11 heteroatoms. The Morgan fingerprint density at radius 2 is 1.85 bits per heavy atom. The summed E-state index contributed by atoms with van der Waals surface area (Å²) in [7, 11) is 0. The van der Waals surface area contributed by atoms with E-state index in [9.17, 15) is 19.5 Å². The molecule has 3 aliphatic heterocycles. The highest BCUT2D eigenvalue weighted by Crippen LogP contribution is 2.71. The molecule has 1 spiro atoms. The highest BCUT2D eigenvalue weighted by atomic mass is 32.2. The van der Waals surface area contributed by atoms with Crippen molar-refractivity contribution in [3.8, 4) is 0 Å². The Bertz CT molecular complexity index is 1470. The monoisotopic (exact) mass is 576 g/mol. The zero-order valence-electron chi connectivity index (χ0n) is 23.3. The number of rotatable bonds is 10. The van der Waals surface area contributed by atoms with Crippen molar-refractivity contribution in [1.29, 1.82) is 0 Å². The molecule has 2 bridgehead atoms. The Kier molecular flexibility index (Phi) is 7.27. The normalized spacial score (nSPS) is 29.1. The first-order valence-electron chi connectivity index (χ1n) is 14.3. The molecule has 4 heterocycles. The van der Waals surface area contributed by atoms with Gasteiger partial charge in [0.05, 0.1) is 34.7 Å². The highest BCUT2D eigenvalue weighted by molar-refractivity contribution is 8.02. The van der Waals surface area contributed by atoms with Crippen molar-refractivity contribution in [1.82, 2.24) is 30.5 Å². The van der Waals surface area contributed by atoms with E-state index in [1.54, 1.807) is 21.3 Å². The van der Waals surface area contributed by atoms with E-state index < -0.39 is 33.4 Å². The molecule has 3 saturated heterocycles. The largest absolute Gasteiger partial charge is 0.394 e. The van der Waals surface area contributed by atoms with Gasteiger partial charge in [-0.1, -0.05) is 54.6 Å². The SMILES string of the molecule is CCCNC(=O)[C@@H]1[C@H]2C(=O)N([C@@H](CO)Cc3ccccc3)C(C(=O)NCn3nnc4ccccc43)C23CC[C@@]1(C)S3. The van der Waals surface area contributed by atoms with Gasteiger partial charge in [0.2, 0.25) is 17.7 Å². The Hall–Kier alpha value is -3.44. The fraction of sp³-hybridized carbons (Fsp3) is 0.500. The summed E-state index contributed by atoms with van der Waals surface area (Å²) in [6, 6.07) is 15.7. The van der Waals surface area contributed by atoms with Crippen LogP contribution in [0.1, 0.15) is 38.7 Å². The molecule has 3 fully saturated rings. The van der Waals surface area contributed by atoms with Crippen molar-refractivity contribution < 1.29 is 19.5 Å². The van der Waals surface area contributed by atoms with Gasteiger partial charge in [0.25, 0.3) is 0 Å². The van der Waals surface area contributed by atoms with Crippen LogP contribution in [0.4, 0.5) is 0 Å². The van der Waals surface area contributed by atoms with Gasteiger partial charge in [0.1, 0.15) is 18.2 Å². The molecule has 3 aliphatic rings. The molecule has 0 saturated carbocycles. The van der Waals surface area contributed by atoms with E-state index in [2.05, 4.69) is 27.9 Å². The van der Waals surface area contributed by atoms with Crippen LogP contribution in [0.25, 0.3) is 11.0 Å². The number of thioether (sulfide) groups is 1. The summed E-state index contributed by atoms with van der Waals surface area (Å²) >= 11 is 1.63. The molecule has 3 N–H and O–H groups in total. The zero-order valence-corrected chi connectivity index (χ0v) is 24.1. The van der Waals surface area contributed by atoms with E-state index in [1.807, 2.05) is 61.5 Å². The number of carbonyl (C=O) groups is 3. The van der Waals surface area contributed by atoms with Crippen molar-refractivity contribution in [3.63, 3.8) is 0 Å². The smallest absolute Gasteiger partial charge is 0.245 e. The summed E-state index contributed by atoms with van der Waals surface area (Å²) in [5.41, 5.74) is 2.47. The predicted molar refractivity (Wildman–Crippen MR) is 156 cm³/mol. The Morgan fingerprint density at radius 1 is 1.10 bits per heavy atom. The number of nitrogens with zero attached hydrogens (tertiary/aromatic N) is 4. The van der Waals surface area contributed by atoms with Gasteiger partial charge in [-0.15, -0.1) is 16.9 Å². The summed E-state index contributed by atoms with van der Waals surface area (Å²) in [5.74, 6) is -1.84. The fourth-order valence-electron chi connectivity index (χ4n) is 7.24. The number of aliphatic hydroxyl groups is 1. The molecule has 10 nitrogen and oxygen atoms in total. The molecule has 1 aromatic heterocycles. The van der Waals surface area contributed by atoms with Gasteiger partial charge in [0, 0.05) is 11.3 Å². The van der Waals surface area contributed by atoms with Crippen molar-refractivity contribution in [2.45, 2.75) is 67.8 Å². The molecule has 0 aliphatic carbocycles. The first-order chi connectivity index (χ1) is 19.8. The maximum absolute atomic E-state index is 14.4. The van der Waals surface area contributed by atoms with Crippen molar-refractivity contribution in [2.24, 2.45) is 11.8 Å². The van der Waals surface area contributed by atoms with Crippen molar-refractivity contribution in [2.75, 3.05) is 13.2 Å². The lowest BCUT2D eigenvalue weighted by atomic mass is 9.66. The van der Waals surface area contributed by atoms with E-state index in [1.165, 1.54) is 0 Å². The average molecular weight is 577 g/mol. The van der Waals surface area contributed by atoms with Crippen molar-refractivity contribution in [3.05, 3.63) is 60.2 Å². The number of benzene rings is 2. The number of nitrogens with one attached hydrogen (secondary N) is 2. The van der Waals surface area contributed by atoms with E-state index in [4.69, 9.17) is 0 Å². The van der Waals surface area contributed by atoms with Gasteiger partial charge in [0.15, 0.2) is 0 Å². The van der Waals surface area contributed by atoms with Crippen LogP contribution in [0.15, 0.2) is 54.6 Å². The predicted octanol–water partition coefficient (Wildman–Crippen LogP) is 2.12. The molecule has 0 radical (unpaired) electrons. The summed E-state index contributed by atoms with van der Waals surface area (Å²) in [5, 5.41) is 25.0. The maximum atomic E-state index is 14.4. The minimum atomic E-state index is -0.841. The van der Waals surface area contributed by atoms with Crippen LogP contribution < -0.4 is 10.6 Å². The van der Waals surface area contributed by atoms with Gasteiger partial charge in [-0.25, -0.2) is 4.68 Å². The second-order valence-electron chi connectivity index (χ2n) is 11.6. The standard InChI is InChI=1S/C30H36N6O4S/c1-3-15-31-26(38)23-24-28(40)36(20(17-37)16-19-9-5-4-6-10-19)25(30(24)14-13-29(23,2)41-30)27(39)32-18-35-22-12-8-7-11-21(22)33-34-35/h4-12,20,23-25,37H,3,13-18H2,1-2H3,(H,31,38)(H,32,39)/t20-,23+,24+,25?,29-,30?/m1/s1. The van der Waals surface area contributed by atoms with Crippen LogP contribution in [-0.4, -0.2) is 77.5 Å². The Labute approximate surface area is 243 Å². The first kappa shape index (κ1) is 27.7. The number of aliphatic hydroxyl groups excluding tert-OH is 1. The lowest BCUT2D eigenvalue weighted by Gasteiger charge is -2.37. The zero-order chi connectivity index (χ0) is 28.8. The molecule has 3 amide bonds. The minimum Gasteiger partial charge on any atom is -0.394 e. The number of hydrogen-bond acceptors (Lipinski definition) is 7. The number of amides is 3. The molecule has 216 valence electrons.